The summed E-state index contributed by atoms with van der Waals surface area (Å²) < 4.78 is 5.36. The van der Waals surface area contributed by atoms with Gasteiger partial charge in [0.25, 0.3) is 0 Å². The fourth-order valence-electron chi connectivity index (χ4n) is 2.82. The molecule has 0 spiro atoms. The van der Waals surface area contributed by atoms with E-state index in [4.69, 9.17) is 4.74 Å². The van der Waals surface area contributed by atoms with Crippen LogP contribution in [0.5, 0.6) is 0 Å². The Kier molecular flexibility index (Phi) is 4.93. The first-order valence-corrected chi connectivity index (χ1v) is 8.03. The minimum Gasteiger partial charge on any atom is -0.449 e. The summed E-state index contributed by atoms with van der Waals surface area (Å²) in [6.07, 6.45) is 0.672. The van der Waals surface area contributed by atoms with Gasteiger partial charge in [-0.25, -0.2) is 4.79 Å². The number of anilines is 1. The van der Waals surface area contributed by atoms with Gasteiger partial charge in [-0.3, -0.25) is 5.32 Å². The maximum absolute atomic E-state index is 12.1. The fourth-order valence-corrected chi connectivity index (χ4v) is 2.82. The zero-order valence-electron chi connectivity index (χ0n) is 13.3. The van der Waals surface area contributed by atoms with Crippen LogP contribution in [0, 0.1) is 12.8 Å². The third-order valence-electron chi connectivity index (χ3n) is 4.11. The van der Waals surface area contributed by atoms with Crippen molar-refractivity contribution >= 4 is 11.8 Å². The summed E-state index contributed by atoms with van der Waals surface area (Å²) in [6.45, 7) is 4.44. The Morgan fingerprint density at radius 2 is 2.09 bits per heavy atom. The van der Waals surface area contributed by atoms with Crippen molar-refractivity contribution < 1.29 is 9.53 Å². The van der Waals surface area contributed by atoms with Crippen LogP contribution in [-0.4, -0.2) is 25.8 Å². The zero-order chi connectivity index (χ0) is 16.1. The molecule has 4 nitrogen and oxygen atoms in total. The van der Waals surface area contributed by atoms with Crippen molar-refractivity contribution in [1.29, 1.82) is 0 Å². The molecule has 0 radical (unpaired) electrons. The molecule has 0 bridgehead atoms. The Balaban J connectivity index is 1.70. The molecule has 0 unspecified atom stereocenters. The van der Waals surface area contributed by atoms with E-state index in [0.29, 0.717) is 12.5 Å². The number of benzene rings is 2. The molecule has 2 aromatic rings. The summed E-state index contributed by atoms with van der Waals surface area (Å²) in [5.74, 6) is 0.423. The molecule has 1 heterocycles. The molecular weight excluding hydrogens is 288 g/mol. The number of carbonyl (C=O) groups excluding carboxylic acids is 1. The van der Waals surface area contributed by atoms with Gasteiger partial charge in [-0.1, -0.05) is 42.0 Å². The Morgan fingerprint density at radius 3 is 2.83 bits per heavy atom. The number of carbonyl (C=O) groups is 1. The average Bonchev–Trinajstić information content (AvgIpc) is 3.09. The molecular formula is C19H22N2O2. The lowest BCUT2D eigenvalue weighted by atomic mass is 10.0. The van der Waals surface area contributed by atoms with Crippen molar-refractivity contribution in [2.75, 3.05) is 25.0 Å². The molecule has 0 saturated carbocycles. The van der Waals surface area contributed by atoms with Crippen LogP contribution in [0.3, 0.4) is 0 Å². The Hall–Kier alpha value is -2.33. The lowest BCUT2D eigenvalue weighted by molar-refractivity contribution is 0.144. The first-order valence-electron chi connectivity index (χ1n) is 8.03. The van der Waals surface area contributed by atoms with Crippen LogP contribution in [0.2, 0.25) is 0 Å². The maximum atomic E-state index is 12.1. The largest absolute Gasteiger partial charge is 0.449 e. The van der Waals surface area contributed by atoms with Crippen LogP contribution >= 0.6 is 0 Å². The second kappa shape index (κ2) is 7.29. The van der Waals surface area contributed by atoms with Gasteiger partial charge in [0, 0.05) is 18.0 Å². The van der Waals surface area contributed by atoms with Crippen molar-refractivity contribution in [3.8, 4) is 11.1 Å². The molecule has 4 heteroatoms. The van der Waals surface area contributed by atoms with E-state index in [9.17, 15) is 4.79 Å². The molecule has 1 fully saturated rings. The van der Waals surface area contributed by atoms with E-state index in [1.165, 1.54) is 0 Å². The molecule has 2 aromatic carbocycles. The molecule has 23 heavy (non-hydrogen) atoms. The Bertz CT molecular complexity index is 664. The number of ether oxygens (including phenoxy) is 1. The minimum absolute atomic E-state index is 0.391. The van der Waals surface area contributed by atoms with Gasteiger partial charge < -0.3 is 10.1 Å². The summed E-state index contributed by atoms with van der Waals surface area (Å²) in [5.41, 5.74) is 4.01. The van der Waals surface area contributed by atoms with E-state index in [-0.39, 0.29) is 0 Å². The number of rotatable bonds is 4. The zero-order valence-corrected chi connectivity index (χ0v) is 13.3. The monoisotopic (exact) mass is 310 g/mol. The number of amides is 1. The Labute approximate surface area is 136 Å². The quantitative estimate of drug-likeness (QED) is 0.902. The molecule has 1 atom stereocenters. The van der Waals surface area contributed by atoms with E-state index < -0.39 is 6.09 Å². The third-order valence-corrected chi connectivity index (χ3v) is 4.11. The van der Waals surface area contributed by atoms with Crippen molar-refractivity contribution in [2.24, 2.45) is 5.92 Å². The molecule has 2 N–H and O–H groups in total. The summed E-state index contributed by atoms with van der Waals surface area (Å²) in [6, 6.07) is 16.0. The predicted octanol–water partition coefficient (Wildman–Crippen LogP) is 3.82. The fraction of sp³-hybridized carbons (Fsp3) is 0.316. The lowest BCUT2D eigenvalue weighted by Crippen LogP contribution is -2.20. The van der Waals surface area contributed by atoms with Crippen LogP contribution in [0.1, 0.15) is 12.0 Å². The highest BCUT2D eigenvalue weighted by Gasteiger charge is 2.17. The van der Waals surface area contributed by atoms with E-state index in [1.807, 2.05) is 49.4 Å². The van der Waals surface area contributed by atoms with Gasteiger partial charge in [-0.15, -0.1) is 0 Å². The van der Waals surface area contributed by atoms with Crippen LogP contribution in [0.15, 0.2) is 48.5 Å². The normalized spacial score (nSPS) is 17.0. The van der Waals surface area contributed by atoms with Crippen LogP contribution in [0.4, 0.5) is 10.5 Å². The highest BCUT2D eigenvalue weighted by molar-refractivity contribution is 5.91. The van der Waals surface area contributed by atoms with E-state index in [0.717, 1.165) is 41.9 Å². The number of hydrogen-bond donors (Lipinski definition) is 2. The summed E-state index contributed by atoms with van der Waals surface area (Å²) in [4.78, 5) is 12.1. The number of hydrogen-bond acceptors (Lipinski definition) is 3. The SMILES string of the molecule is Cc1ccc(NC(=O)OC[C@@H]2CCNC2)c(-c2ccccc2)c1. The second-order valence-electron chi connectivity index (χ2n) is 6.00. The van der Waals surface area contributed by atoms with Crippen molar-refractivity contribution in [1.82, 2.24) is 5.32 Å². The van der Waals surface area contributed by atoms with Gasteiger partial charge in [0.05, 0.1) is 12.3 Å². The van der Waals surface area contributed by atoms with Gasteiger partial charge in [0.1, 0.15) is 0 Å². The van der Waals surface area contributed by atoms with Crippen molar-refractivity contribution in [3.05, 3.63) is 54.1 Å². The molecule has 0 aromatic heterocycles. The van der Waals surface area contributed by atoms with Crippen LogP contribution in [0.25, 0.3) is 11.1 Å². The van der Waals surface area contributed by atoms with E-state index in [2.05, 4.69) is 16.7 Å². The number of nitrogens with one attached hydrogen (secondary N) is 2. The smallest absolute Gasteiger partial charge is 0.411 e. The molecule has 3 rings (SSSR count). The van der Waals surface area contributed by atoms with Crippen LogP contribution in [-0.2, 0) is 4.74 Å². The van der Waals surface area contributed by atoms with E-state index >= 15 is 0 Å². The Morgan fingerprint density at radius 1 is 1.26 bits per heavy atom. The summed E-state index contributed by atoms with van der Waals surface area (Å²) in [7, 11) is 0. The summed E-state index contributed by atoms with van der Waals surface area (Å²) >= 11 is 0. The highest BCUT2D eigenvalue weighted by atomic mass is 16.5. The van der Waals surface area contributed by atoms with Crippen molar-refractivity contribution in [3.63, 3.8) is 0 Å². The average molecular weight is 310 g/mol. The molecule has 1 aliphatic heterocycles. The predicted molar refractivity (Wildman–Crippen MR) is 92.6 cm³/mol. The van der Waals surface area contributed by atoms with Crippen LogP contribution < -0.4 is 10.6 Å². The highest BCUT2D eigenvalue weighted by Crippen LogP contribution is 2.29. The number of aryl methyl sites for hydroxylation is 1. The maximum Gasteiger partial charge on any atom is 0.411 e. The van der Waals surface area contributed by atoms with Crippen molar-refractivity contribution in [2.45, 2.75) is 13.3 Å². The van der Waals surface area contributed by atoms with Gasteiger partial charge >= 0.3 is 6.09 Å². The van der Waals surface area contributed by atoms with E-state index in [1.54, 1.807) is 0 Å². The summed E-state index contributed by atoms with van der Waals surface area (Å²) in [5, 5.41) is 6.15. The molecule has 0 aliphatic carbocycles. The molecule has 1 saturated heterocycles. The first kappa shape index (κ1) is 15.6. The van der Waals surface area contributed by atoms with Gasteiger partial charge in [0.15, 0.2) is 0 Å². The topological polar surface area (TPSA) is 50.4 Å². The minimum atomic E-state index is -0.391. The molecule has 1 amide bonds. The lowest BCUT2D eigenvalue weighted by Gasteiger charge is -2.14. The van der Waals surface area contributed by atoms with Gasteiger partial charge in [-0.2, -0.15) is 0 Å². The standard InChI is InChI=1S/C19H22N2O2/c1-14-7-8-18(17(11-14)16-5-3-2-4-6-16)21-19(22)23-13-15-9-10-20-12-15/h2-8,11,15,20H,9-10,12-13H2,1H3,(H,21,22)/t15-/m1/s1. The van der Waals surface area contributed by atoms with Gasteiger partial charge in [-0.05, 0) is 37.6 Å². The molecule has 120 valence electrons. The second-order valence-corrected chi connectivity index (χ2v) is 6.00. The van der Waals surface area contributed by atoms with Gasteiger partial charge in [0.2, 0.25) is 0 Å². The first-order chi connectivity index (χ1) is 11.2. The molecule has 1 aliphatic rings. The third kappa shape index (κ3) is 4.11.